The lowest BCUT2D eigenvalue weighted by Crippen LogP contribution is -2.34. The lowest BCUT2D eigenvalue weighted by Gasteiger charge is -2.14. The molecule has 5 heteroatoms. The lowest BCUT2D eigenvalue weighted by molar-refractivity contribution is -0.0974. The molecule has 1 amide bonds. The van der Waals surface area contributed by atoms with Crippen molar-refractivity contribution >= 4 is 5.91 Å². The quantitative estimate of drug-likeness (QED) is 0.792. The Balaban J connectivity index is 1.97. The van der Waals surface area contributed by atoms with E-state index >= 15 is 0 Å². The van der Waals surface area contributed by atoms with E-state index in [0.717, 1.165) is 17.7 Å². The van der Waals surface area contributed by atoms with Crippen LogP contribution in [0, 0.1) is 0 Å². The van der Waals surface area contributed by atoms with Gasteiger partial charge in [-0.2, -0.15) is 0 Å². The fourth-order valence-electron chi connectivity index (χ4n) is 1.87. The highest BCUT2D eigenvalue weighted by atomic mass is 16.7. The third-order valence-electron chi connectivity index (χ3n) is 2.91. The molecule has 98 valence electrons. The highest BCUT2D eigenvalue weighted by Gasteiger charge is 2.15. The van der Waals surface area contributed by atoms with Crippen LogP contribution in [-0.2, 0) is 15.9 Å². The molecule has 2 rings (SSSR count). The van der Waals surface area contributed by atoms with Crippen LogP contribution in [0.5, 0.6) is 5.75 Å². The standard InChI is InChI=1S/C13H17NO4/c1-16-12(17-2)8-14-13(15)10-3-4-11-9(7-10)5-6-18-11/h3-4,7,12H,5-6,8H2,1-2H3,(H,14,15). The van der Waals surface area contributed by atoms with Gasteiger partial charge in [0.15, 0.2) is 6.29 Å². The topological polar surface area (TPSA) is 56.8 Å². The molecule has 1 aliphatic rings. The minimum Gasteiger partial charge on any atom is -0.493 e. The largest absolute Gasteiger partial charge is 0.493 e. The van der Waals surface area contributed by atoms with Gasteiger partial charge in [0.25, 0.3) is 5.91 Å². The van der Waals surface area contributed by atoms with E-state index in [9.17, 15) is 4.79 Å². The maximum atomic E-state index is 11.9. The number of fused-ring (bicyclic) bond motifs is 1. The van der Waals surface area contributed by atoms with E-state index in [1.54, 1.807) is 6.07 Å². The molecule has 1 aliphatic heterocycles. The molecule has 0 spiro atoms. The van der Waals surface area contributed by atoms with Gasteiger partial charge in [-0.25, -0.2) is 0 Å². The number of carbonyl (C=O) groups excluding carboxylic acids is 1. The monoisotopic (exact) mass is 251 g/mol. The van der Waals surface area contributed by atoms with Crippen molar-refractivity contribution in [2.24, 2.45) is 0 Å². The van der Waals surface area contributed by atoms with E-state index in [-0.39, 0.29) is 5.91 Å². The Morgan fingerprint density at radius 2 is 2.22 bits per heavy atom. The molecule has 0 aliphatic carbocycles. The first-order valence-electron chi connectivity index (χ1n) is 5.84. The number of hydrogen-bond donors (Lipinski definition) is 1. The summed E-state index contributed by atoms with van der Waals surface area (Å²) in [5.41, 5.74) is 1.71. The molecule has 0 unspecified atom stereocenters. The first-order valence-corrected chi connectivity index (χ1v) is 5.84. The predicted molar refractivity (Wildman–Crippen MR) is 65.8 cm³/mol. The van der Waals surface area contributed by atoms with Gasteiger partial charge in [0.2, 0.25) is 0 Å². The van der Waals surface area contributed by atoms with Crippen LogP contribution in [-0.4, -0.2) is 39.6 Å². The Bertz CT molecular complexity index is 429. The second-order valence-electron chi connectivity index (χ2n) is 4.03. The minimum atomic E-state index is -0.424. The van der Waals surface area contributed by atoms with Crippen molar-refractivity contribution in [2.45, 2.75) is 12.7 Å². The second-order valence-corrected chi connectivity index (χ2v) is 4.03. The van der Waals surface area contributed by atoms with Crippen LogP contribution < -0.4 is 10.1 Å². The zero-order valence-corrected chi connectivity index (χ0v) is 10.6. The SMILES string of the molecule is COC(CNC(=O)c1ccc2c(c1)CCO2)OC. The molecule has 0 radical (unpaired) electrons. The van der Waals surface area contributed by atoms with Crippen LogP contribution in [0.4, 0.5) is 0 Å². The lowest BCUT2D eigenvalue weighted by atomic mass is 10.1. The van der Waals surface area contributed by atoms with Crippen LogP contribution in [0.25, 0.3) is 0 Å². The Morgan fingerprint density at radius 3 is 2.94 bits per heavy atom. The number of nitrogens with one attached hydrogen (secondary N) is 1. The van der Waals surface area contributed by atoms with E-state index in [2.05, 4.69) is 5.32 Å². The normalized spacial score (nSPS) is 13.3. The Labute approximate surface area is 106 Å². The van der Waals surface area contributed by atoms with Gasteiger partial charge in [-0.1, -0.05) is 0 Å². The Morgan fingerprint density at radius 1 is 1.44 bits per heavy atom. The molecule has 0 bridgehead atoms. The second kappa shape index (κ2) is 5.84. The van der Waals surface area contributed by atoms with Gasteiger partial charge in [0.1, 0.15) is 5.75 Å². The number of hydrogen-bond acceptors (Lipinski definition) is 4. The molecule has 0 aromatic heterocycles. The van der Waals surface area contributed by atoms with Crippen LogP contribution in [0.3, 0.4) is 0 Å². The van der Waals surface area contributed by atoms with Gasteiger partial charge in [-0.3, -0.25) is 4.79 Å². The highest BCUT2D eigenvalue weighted by Crippen LogP contribution is 2.25. The first-order chi connectivity index (χ1) is 8.74. The van der Waals surface area contributed by atoms with Gasteiger partial charge < -0.3 is 19.5 Å². The first kappa shape index (κ1) is 12.9. The highest BCUT2D eigenvalue weighted by molar-refractivity contribution is 5.94. The van der Waals surface area contributed by atoms with E-state index in [1.807, 2.05) is 12.1 Å². The molecule has 0 fully saturated rings. The molecule has 1 aromatic rings. The Kier molecular flexibility index (Phi) is 4.17. The summed E-state index contributed by atoms with van der Waals surface area (Å²) in [6, 6.07) is 5.46. The molecular formula is C13H17NO4. The summed E-state index contributed by atoms with van der Waals surface area (Å²) in [5.74, 6) is 0.738. The Hall–Kier alpha value is -1.59. The summed E-state index contributed by atoms with van der Waals surface area (Å²) in [4.78, 5) is 11.9. The third-order valence-corrected chi connectivity index (χ3v) is 2.91. The zero-order chi connectivity index (χ0) is 13.0. The summed E-state index contributed by atoms with van der Waals surface area (Å²) < 4.78 is 15.4. The summed E-state index contributed by atoms with van der Waals surface area (Å²) in [6.07, 6.45) is 0.432. The number of methoxy groups -OCH3 is 2. The van der Waals surface area contributed by atoms with Crippen LogP contribution in [0.2, 0.25) is 0 Å². The number of rotatable bonds is 5. The van der Waals surface area contributed by atoms with Crippen molar-refractivity contribution in [1.82, 2.24) is 5.32 Å². The molecule has 1 aromatic carbocycles. The fraction of sp³-hybridized carbons (Fsp3) is 0.462. The van der Waals surface area contributed by atoms with Crippen molar-refractivity contribution in [3.8, 4) is 5.75 Å². The van der Waals surface area contributed by atoms with Crippen LogP contribution in [0.1, 0.15) is 15.9 Å². The number of amides is 1. The van der Waals surface area contributed by atoms with E-state index in [1.165, 1.54) is 14.2 Å². The van der Waals surface area contributed by atoms with Crippen molar-refractivity contribution < 1.29 is 19.0 Å². The van der Waals surface area contributed by atoms with Crippen molar-refractivity contribution in [2.75, 3.05) is 27.4 Å². The molecular weight excluding hydrogens is 234 g/mol. The third kappa shape index (κ3) is 2.80. The fourth-order valence-corrected chi connectivity index (χ4v) is 1.87. The molecule has 0 saturated heterocycles. The molecule has 5 nitrogen and oxygen atoms in total. The number of ether oxygens (including phenoxy) is 3. The van der Waals surface area contributed by atoms with Gasteiger partial charge in [0.05, 0.1) is 13.2 Å². The predicted octanol–water partition coefficient (Wildman–Crippen LogP) is 0.970. The van der Waals surface area contributed by atoms with Crippen LogP contribution in [0.15, 0.2) is 18.2 Å². The average molecular weight is 251 g/mol. The van der Waals surface area contributed by atoms with E-state index in [4.69, 9.17) is 14.2 Å². The van der Waals surface area contributed by atoms with E-state index in [0.29, 0.717) is 18.7 Å². The summed E-state index contributed by atoms with van der Waals surface area (Å²) in [6.45, 7) is 1.01. The minimum absolute atomic E-state index is 0.135. The average Bonchev–Trinajstić information content (AvgIpc) is 2.86. The molecule has 0 saturated carbocycles. The van der Waals surface area contributed by atoms with Crippen molar-refractivity contribution in [3.05, 3.63) is 29.3 Å². The maximum absolute atomic E-state index is 11.9. The summed E-state index contributed by atoms with van der Waals surface area (Å²) in [7, 11) is 3.07. The van der Waals surface area contributed by atoms with Gasteiger partial charge >= 0.3 is 0 Å². The van der Waals surface area contributed by atoms with Crippen LogP contribution >= 0.6 is 0 Å². The zero-order valence-electron chi connectivity index (χ0n) is 10.6. The van der Waals surface area contributed by atoms with Gasteiger partial charge in [-0.15, -0.1) is 0 Å². The van der Waals surface area contributed by atoms with Gasteiger partial charge in [-0.05, 0) is 23.8 Å². The van der Waals surface area contributed by atoms with Crippen molar-refractivity contribution in [3.63, 3.8) is 0 Å². The number of benzene rings is 1. The van der Waals surface area contributed by atoms with Gasteiger partial charge in [0, 0.05) is 26.2 Å². The summed E-state index contributed by atoms with van der Waals surface area (Å²) >= 11 is 0. The van der Waals surface area contributed by atoms with E-state index < -0.39 is 6.29 Å². The maximum Gasteiger partial charge on any atom is 0.251 e. The molecule has 18 heavy (non-hydrogen) atoms. The molecule has 0 atom stereocenters. The smallest absolute Gasteiger partial charge is 0.251 e. The molecule has 1 N–H and O–H groups in total. The number of carbonyl (C=O) groups is 1. The van der Waals surface area contributed by atoms with Crippen molar-refractivity contribution in [1.29, 1.82) is 0 Å². The summed E-state index contributed by atoms with van der Waals surface area (Å²) in [5, 5.41) is 2.76. The molecule has 1 heterocycles.